The molecular weight excluding hydrogens is 346 g/mol. The zero-order valence-corrected chi connectivity index (χ0v) is 14.8. The van der Waals surface area contributed by atoms with Gasteiger partial charge in [0.05, 0.1) is 11.1 Å². The van der Waals surface area contributed by atoms with Crippen LogP contribution in [0.15, 0.2) is 12.1 Å². The first-order valence-electron chi connectivity index (χ1n) is 6.92. The van der Waals surface area contributed by atoms with E-state index in [1.165, 1.54) is 11.3 Å². The summed E-state index contributed by atoms with van der Waals surface area (Å²) in [6, 6.07) is 3.66. The van der Waals surface area contributed by atoms with Crippen molar-refractivity contribution in [3.8, 4) is 0 Å². The Kier molecular flexibility index (Phi) is 7.27. The molecular formula is C13H22ClN3O3S2. The Bertz CT molecular complexity index is 599. The summed E-state index contributed by atoms with van der Waals surface area (Å²) in [6.45, 7) is 0.847. The lowest BCUT2D eigenvalue weighted by Gasteiger charge is -2.10. The van der Waals surface area contributed by atoms with Crippen molar-refractivity contribution in [3.63, 3.8) is 0 Å². The second kappa shape index (κ2) is 8.26. The van der Waals surface area contributed by atoms with Gasteiger partial charge in [-0.05, 0) is 37.3 Å². The van der Waals surface area contributed by atoms with E-state index in [2.05, 4.69) is 10.0 Å². The molecule has 4 N–H and O–H groups in total. The smallest absolute Gasteiger partial charge is 0.261 e. The first-order valence-corrected chi connectivity index (χ1v) is 9.63. The fourth-order valence-corrected chi connectivity index (χ4v) is 3.38. The normalized spacial score (nSPS) is 15.9. The number of amides is 1. The fraction of sp³-hybridized carbons (Fsp3) is 0.615. The molecule has 1 aromatic rings. The largest absolute Gasteiger partial charge is 0.350 e. The Balaban J connectivity index is 0.00000242. The van der Waals surface area contributed by atoms with Gasteiger partial charge >= 0.3 is 0 Å². The Labute approximate surface area is 141 Å². The summed E-state index contributed by atoms with van der Waals surface area (Å²) < 4.78 is 24.4. The van der Waals surface area contributed by atoms with E-state index >= 15 is 0 Å². The summed E-state index contributed by atoms with van der Waals surface area (Å²) in [4.78, 5) is 13.6. The van der Waals surface area contributed by atoms with Crippen LogP contribution in [0.4, 0.5) is 0 Å². The molecule has 0 bridgehead atoms. The third-order valence-corrected chi connectivity index (χ3v) is 5.22. The summed E-state index contributed by atoms with van der Waals surface area (Å²) in [7, 11) is -3.16. The predicted octanol–water partition coefficient (Wildman–Crippen LogP) is 0.729. The summed E-state index contributed by atoms with van der Waals surface area (Å²) >= 11 is 1.38. The number of rotatable bonds is 8. The third kappa shape index (κ3) is 6.62. The molecule has 0 aliphatic heterocycles. The highest BCUT2D eigenvalue weighted by molar-refractivity contribution is 7.88. The molecule has 2 rings (SSSR count). The van der Waals surface area contributed by atoms with Gasteiger partial charge in [0.25, 0.3) is 5.91 Å². The van der Waals surface area contributed by atoms with Gasteiger partial charge in [-0.1, -0.05) is 0 Å². The van der Waals surface area contributed by atoms with Gasteiger partial charge in [-0.25, -0.2) is 13.1 Å². The van der Waals surface area contributed by atoms with Crippen LogP contribution in [-0.2, 0) is 16.4 Å². The first kappa shape index (κ1) is 19.4. The lowest BCUT2D eigenvalue weighted by Crippen LogP contribution is -2.38. The van der Waals surface area contributed by atoms with E-state index in [1.54, 1.807) is 6.07 Å². The second-order valence-corrected chi connectivity index (χ2v) is 8.40. The van der Waals surface area contributed by atoms with Crippen LogP contribution in [0.1, 0.15) is 27.4 Å². The number of sulfonamides is 1. The lowest BCUT2D eigenvalue weighted by atomic mass is 10.2. The molecule has 6 nitrogen and oxygen atoms in total. The average molecular weight is 368 g/mol. The summed E-state index contributed by atoms with van der Waals surface area (Å²) in [6.07, 6.45) is 4.02. The zero-order valence-electron chi connectivity index (χ0n) is 12.4. The van der Waals surface area contributed by atoms with Crippen LogP contribution < -0.4 is 15.8 Å². The molecule has 1 aliphatic rings. The molecule has 0 aromatic carbocycles. The van der Waals surface area contributed by atoms with Crippen LogP contribution in [0, 0.1) is 5.92 Å². The summed E-state index contributed by atoms with van der Waals surface area (Å²) in [5.41, 5.74) is 5.94. The van der Waals surface area contributed by atoms with E-state index in [0.717, 1.165) is 24.0 Å². The Hall–Kier alpha value is -0.670. The number of nitrogens with two attached hydrogens (primary N) is 1. The standard InChI is InChI=1S/C13H21N3O3S2.ClH/c1-21(18,19)16-7-6-10-4-5-12(20-10)13(17)15-8-11(14)9-2-3-9;/h4-5,9,11,16H,2-3,6-8,14H2,1H3,(H,15,17);1H. The van der Waals surface area contributed by atoms with Gasteiger partial charge < -0.3 is 11.1 Å². The number of carbonyl (C=O) groups is 1. The number of nitrogens with one attached hydrogen (secondary N) is 2. The third-order valence-electron chi connectivity index (χ3n) is 3.35. The topological polar surface area (TPSA) is 101 Å². The van der Waals surface area contributed by atoms with Gasteiger partial charge in [-0.15, -0.1) is 23.7 Å². The maximum atomic E-state index is 12.0. The van der Waals surface area contributed by atoms with Crippen molar-refractivity contribution in [1.29, 1.82) is 0 Å². The quantitative estimate of drug-likeness (QED) is 0.630. The van der Waals surface area contributed by atoms with Crippen molar-refractivity contribution in [2.45, 2.75) is 25.3 Å². The number of hydrogen-bond acceptors (Lipinski definition) is 5. The highest BCUT2D eigenvalue weighted by Crippen LogP contribution is 2.31. The first-order chi connectivity index (χ1) is 9.85. The fourth-order valence-electron chi connectivity index (χ4n) is 1.98. The molecule has 1 unspecified atom stereocenters. The van der Waals surface area contributed by atoms with Crippen LogP contribution in [-0.4, -0.2) is 39.7 Å². The maximum absolute atomic E-state index is 12.0. The Morgan fingerprint density at radius 2 is 2.14 bits per heavy atom. The van der Waals surface area contributed by atoms with Gasteiger partial charge in [0, 0.05) is 24.0 Å². The number of halogens is 1. The number of thiophene rings is 1. The highest BCUT2D eigenvalue weighted by Gasteiger charge is 2.28. The minimum atomic E-state index is -3.16. The number of carbonyl (C=O) groups excluding carboxylic acids is 1. The van der Waals surface area contributed by atoms with Crippen molar-refractivity contribution >= 4 is 39.7 Å². The van der Waals surface area contributed by atoms with Gasteiger partial charge in [0.2, 0.25) is 10.0 Å². The molecule has 0 spiro atoms. The van der Waals surface area contributed by atoms with Crippen molar-refractivity contribution in [2.24, 2.45) is 11.7 Å². The van der Waals surface area contributed by atoms with Crippen LogP contribution in [0.25, 0.3) is 0 Å². The van der Waals surface area contributed by atoms with Gasteiger partial charge in [-0.3, -0.25) is 4.79 Å². The molecule has 126 valence electrons. The minimum Gasteiger partial charge on any atom is -0.350 e. The van der Waals surface area contributed by atoms with Crippen molar-refractivity contribution < 1.29 is 13.2 Å². The molecule has 1 aliphatic carbocycles. The van der Waals surface area contributed by atoms with Gasteiger partial charge in [0.15, 0.2) is 0 Å². The highest BCUT2D eigenvalue weighted by atomic mass is 35.5. The van der Waals surface area contributed by atoms with Gasteiger partial charge in [-0.2, -0.15) is 0 Å². The van der Waals surface area contributed by atoms with Crippen LogP contribution in [0.2, 0.25) is 0 Å². The van der Waals surface area contributed by atoms with Crippen LogP contribution in [0.3, 0.4) is 0 Å². The van der Waals surface area contributed by atoms with E-state index in [0.29, 0.717) is 30.3 Å². The van der Waals surface area contributed by atoms with Crippen LogP contribution in [0.5, 0.6) is 0 Å². The molecule has 0 radical (unpaired) electrons. The van der Waals surface area contributed by atoms with E-state index < -0.39 is 10.0 Å². The van der Waals surface area contributed by atoms with E-state index in [9.17, 15) is 13.2 Å². The van der Waals surface area contributed by atoms with E-state index in [-0.39, 0.29) is 24.4 Å². The zero-order chi connectivity index (χ0) is 15.5. The van der Waals surface area contributed by atoms with E-state index in [4.69, 9.17) is 5.73 Å². The Morgan fingerprint density at radius 1 is 1.45 bits per heavy atom. The summed E-state index contributed by atoms with van der Waals surface area (Å²) in [5.74, 6) is 0.449. The van der Waals surface area contributed by atoms with E-state index in [1.807, 2.05) is 6.07 Å². The molecule has 1 aromatic heterocycles. The monoisotopic (exact) mass is 367 g/mol. The summed E-state index contributed by atoms with van der Waals surface area (Å²) in [5, 5.41) is 2.85. The van der Waals surface area contributed by atoms with Crippen LogP contribution >= 0.6 is 23.7 Å². The Morgan fingerprint density at radius 3 is 2.73 bits per heavy atom. The average Bonchev–Trinajstić information content (AvgIpc) is 3.14. The minimum absolute atomic E-state index is 0. The number of hydrogen-bond donors (Lipinski definition) is 3. The molecule has 0 saturated heterocycles. The SMILES string of the molecule is CS(=O)(=O)NCCc1ccc(C(=O)NCC(N)C2CC2)s1.Cl. The van der Waals surface area contributed by atoms with Crippen molar-refractivity contribution in [2.75, 3.05) is 19.3 Å². The van der Waals surface area contributed by atoms with Crippen molar-refractivity contribution in [3.05, 3.63) is 21.9 Å². The molecule has 9 heteroatoms. The molecule has 1 saturated carbocycles. The molecule has 1 fully saturated rings. The predicted molar refractivity (Wildman–Crippen MR) is 91.2 cm³/mol. The molecule has 1 amide bonds. The molecule has 22 heavy (non-hydrogen) atoms. The molecule has 1 heterocycles. The lowest BCUT2D eigenvalue weighted by molar-refractivity contribution is 0.0954. The molecule has 1 atom stereocenters. The van der Waals surface area contributed by atoms with Gasteiger partial charge in [0.1, 0.15) is 0 Å². The maximum Gasteiger partial charge on any atom is 0.261 e. The second-order valence-electron chi connectivity index (χ2n) is 5.39. The van der Waals surface area contributed by atoms with Crippen molar-refractivity contribution in [1.82, 2.24) is 10.0 Å².